The molecule has 47 heavy (non-hydrogen) atoms. The number of ether oxygens (including phenoxy) is 1. The van der Waals surface area contributed by atoms with Crippen LogP contribution in [0.1, 0.15) is 85.6 Å². The highest BCUT2D eigenvalue weighted by molar-refractivity contribution is 7.99. The standard InChI is InChI=1S/C39H53N3O3SSi/c1-28(2)47(29(3)4,30(5)6)45-34-17-13-31(14-18-34)27-44-39(43)42-35-19-15-32(40-21-9-7-10-22-40)25-37(35)46-38-26-33(16-20-36(38)42)41-23-11-8-12-24-41/h13-20,25-26,28-30H,7-12,21-24,27H2,1-6H3. The summed E-state index contributed by atoms with van der Waals surface area (Å²) >= 11 is 1.77. The van der Waals surface area contributed by atoms with E-state index in [4.69, 9.17) is 9.16 Å². The van der Waals surface area contributed by atoms with Crippen LogP contribution in [-0.4, -0.2) is 40.6 Å². The van der Waals surface area contributed by atoms with E-state index in [1.54, 1.807) is 16.7 Å². The van der Waals surface area contributed by atoms with Crippen LogP contribution in [0.2, 0.25) is 16.6 Å². The number of rotatable bonds is 9. The van der Waals surface area contributed by atoms with Gasteiger partial charge in [-0.1, -0.05) is 65.4 Å². The molecule has 252 valence electrons. The van der Waals surface area contributed by atoms with Crippen molar-refractivity contribution in [3.63, 3.8) is 0 Å². The number of benzene rings is 3. The summed E-state index contributed by atoms with van der Waals surface area (Å²) in [6.45, 7) is 18.4. The van der Waals surface area contributed by atoms with Gasteiger partial charge in [-0.3, -0.25) is 0 Å². The average molecular weight is 672 g/mol. The Morgan fingerprint density at radius 3 is 1.60 bits per heavy atom. The van der Waals surface area contributed by atoms with E-state index in [2.05, 4.69) is 87.7 Å². The molecule has 1 amide bonds. The van der Waals surface area contributed by atoms with Crippen molar-refractivity contribution >= 4 is 48.9 Å². The largest absolute Gasteiger partial charge is 0.543 e. The van der Waals surface area contributed by atoms with E-state index in [-0.39, 0.29) is 12.7 Å². The van der Waals surface area contributed by atoms with Crippen LogP contribution >= 0.6 is 11.8 Å². The number of carbonyl (C=O) groups excluding carboxylic acids is 1. The van der Waals surface area contributed by atoms with Gasteiger partial charge in [0.15, 0.2) is 0 Å². The van der Waals surface area contributed by atoms with E-state index in [0.29, 0.717) is 16.6 Å². The van der Waals surface area contributed by atoms with Crippen molar-refractivity contribution in [3.8, 4) is 5.75 Å². The van der Waals surface area contributed by atoms with Gasteiger partial charge in [0.05, 0.1) is 11.4 Å². The summed E-state index contributed by atoms with van der Waals surface area (Å²) in [5, 5.41) is 0. The minimum Gasteiger partial charge on any atom is -0.543 e. The second kappa shape index (κ2) is 14.6. The molecule has 2 saturated heterocycles. The summed E-state index contributed by atoms with van der Waals surface area (Å²) in [5.41, 5.74) is 6.71. The van der Waals surface area contributed by atoms with Crippen LogP contribution in [0.4, 0.5) is 27.5 Å². The van der Waals surface area contributed by atoms with Crippen molar-refractivity contribution in [3.05, 3.63) is 66.2 Å². The van der Waals surface area contributed by atoms with Crippen LogP contribution in [0, 0.1) is 0 Å². The normalized spacial score (nSPS) is 16.8. The van der Waals surface area contributed by atoms with E-state index in [1.807, 2.05) is 24.3 Å². The quantitative estimate of drug-likeness (QED) is 0.211. The predicted octanol–water partition coefficient (Wildman–Crippen LogP) is 11.2. The Labute approximate surface area is 287 Å². The lowest BCUT2D eigenvalue weighted by molar-refractivity contribution is 0.149. The van der Waals surface area contributed by atoms with Crippen molar-refractivity contribution in [2.24, 2.45) is 0 Å². The van der Waals surface area contributed by atoms with Gasteiger partial charge in [-0.25, -0.2) is 9.69 Å². The maximum Gasteiger partial charge on any atom is 0.419 e. The average Bonchev–Trinajstić information content (AvgIpc) is 3.08. The third-order valence-corrected chi connectivity index (χ3v) is 17.6. The first-order valence-corrected chi connectivity index (χ1v) is 20.8. The molecule has 2 fully saturated rings. The van der Waals surface area contributed by atoms with Gasteiger partial charge in [-0.2, -0.15) is 0 Å². The number of hydrogen-bond acceptors (Lipinski definition) is 6. The minimum atomic E-state index is -2.04. The van der Waals surface area contributed by atoms with Gasteiger partial charge in [-0.15, -0.1) is 0 Å². The zero-order chi connectivity index (χ0) is 33.1. The van der Waals surface area contributed by atoms with Crippen molar-refractivity contribution in [2.45, 2.75) is 113 Å². The molecule has 0 aliphatic carbocycles. The molecule has 0 atom stereocenters. The highest BCUT2D eigenvalue weighted by Crippen LogP contribution is 2.51. The van der Waals surface area contributed by atoms with Crippen LogP contribution in [0.5, 0.6) is 5.75 Å². The molecule has 6 nitrogen and oxygen atoms in total. The molecule has 0 unspecified atom stereocenters. The number of hydrogen-bond donors (Lipinski definition) is 0. The lowest BCUT2D eigenvalue weighted by atomic mass is 10.1. The van der Waals surface area contributed by atoms with Crippen LogP contribution in [0.3, 0.4) is 0 Å². The first kappa shape index (κ1) is 33.8. The Morgan fingerprint density at radius 2 is 1.15 bits per heavy atom. The first-order chi connectivity index (χ1) is 22.7. The van der Waals surface area contributed by atoms with Gasteiger partial charge in [-0.05, 0) is 109 Å². The molecule has 6 rings (SSSR count). The second-order valence-electron chi connectivity index (χ2n) is 14.5. The molecule has 3 aromatic rings. The third kappa shape index (κ3) is 7.05. The Hall–Kier alpha value is -3.10. The number of piperidine rings is 2. The van der Waals surface area contributed by atoms with Crippen LogP contribution in [0.25, 0.3) is 0 Å². The Morgan fingerprint density at radius 1 is 0.681 bits per heavy atom. The summed E-state index contributed by atoms with van der Waals surface area (Å²) in [6, 6.07) is 21.3. The summed E-state index contributed by atoms with van der Waals surface area (Å²) in [4.78, 5) is 23.0. The van der Waals surface area contributed by atoms with E-state index in [9.17, 15) is 4.79 Å². The van der Waals surface area contributed by atoms with Crippen LogP contribution in [-0.2, 0) is 11.3 Å². The molecular weight excluding hydrogens is 619 g/mol. The number of anilines is 4. The Kier molecular flexibility index (Phi) is 10.5. The van der Waals surface area contributed by atoms with Gasteiger partial charge in [0.25, 0.3) is 8.32 Å². The molecule has 8 heteroatoms. The predicted molar refractivity (Wildman–Crippen MR) is 200 cm³/mol. The van der Waals surface area contributed by atoms with E-state index in [1.165, 1.54) is 49.9 Å². The van der Waals surface area contributed by atoms with Gasteiger partial charge >= 0.3 is 6.09 Å². The molecule has 3 aliphatic rings. The van der Waals surface area contributed by atoms with Crippen molar-refractivity contribution in [1.82, 2.24) is 0 Å². The molecule has 0 bridgehead atoms. The van der Waals surface area contributed by atoms with Crippen molar-refractivity contribution < 1.29 is 14.0 Å². The number of nitrogens with zero attached hydrogens (tertiary/aromatic N) is 3. The molecule has 0 radical (unpaired) electrons. The molecule has 0 N–H and O–H groups in total. The van der Waals surface area contributed by atoms with E-state index in [0.717, 1.165) is 58.7 Å². The van der Waals surface area contributed by atoms with E-state index >= 15 is 0 Å². The Bertz CT molecular complexity index is 1440. The molecule has 0 aromatic heterocycles. The second-order valence-corrected chi connectivity index (χ2v) is 20.9. The zero-order valence-corrected chi connectivity index (χ0v) is 31.1. The molecule has 0 spiro atoms. The van der Waals surface area contributed by atoms with Crippen molar-refractivity contribution in [1.29, 1.82) is 0 Å². The Balaban J connectivity index is 1.23. The third-order valence-electron chi connectivity index (χ3n) is 10.5. The lowest BCUT2D eigenvalue weighted by Gasteiger charge is -2.42. The fraction of sp³-hybridized carbons (Fsp3) is 0.513. The highest BCUT2D eigenvalue weighted by Gasteiger charge is 2.47. The maximum absolute atomic E-state index is 14.0. The zero-order valence-electron chi connectivity index (χ0n) is 29.3. The summed E-state index contributed by atoms with van der Waals surface area (Å²) in [5.74, 6) is 0.910. The van der Waals surface area contributed by atoms with E-state index < -0.39 is 8.32 Å². The fourth-order valence-electron chi connectivity index (χ4n) is 8.10. The topological polar surface area (TPSA) is 45.3 Å². The van der Waals surface area contributed by atoms with Gasteiger partial charge in [0, 0.05) is 47.3 Å². The lowest BCUT2D eigenvalue weighted by Crippen LogP contribution is -2.50. The van der Waals surface area contributed by atoms with Gasteiger partial charge in [0.1, 0.15) is 12.4 Å². The molecule has 0 saturated carbocycles. The van der Waals surface area contributed by atoms with Gasteiger partial charge in [0.2, 0.25) is 0 Å². The highest BCUT2D eigenvalue weighted by atomic mass is 32.2. The summed E-state index contributed by atoms with van der Waals surface area (Å²) < 4.78 is 12.9. The van der Waals surface area contributed by atoms with Crippen LogP contribution < -0.4 is 19.1 Å². The van der Waals surface area contributed by atoms with Crippen molar-refractivity contribution in [2.75, 3.05) is 40.9 Å². The molecule has 3 aromatic carbocycles. The molecular formula is C39H53N3O3SSi. The van der Waals surface area contributed by atoms with Crippen LogP contribution in [0.15, 0.2) is 70.5 Å². The summed E-state index contributed by atoms with van der Waals surface area (Å²) in [7, 11) is -2.04. The fourth-order valence-corrected chi connectivity index (χ4v) is 14.5. The molecule has 3 aliphatic heterocycles. The SMILES string of the molecule is CC(C)[Si](Oc1ccc(COC(=O)N2c3ccc(N4CCCCC4)cc3Sc3cc(N4CCCCC4)ccc32)cc1)(C(C)C)C(C)C. The maximum atomic E-state index is 14.0. The number of carbonyl (C=O) groups is 1. The number of fused-ring (bicyclic) bond motifs is 2. The molecule has 3 heterocycles. The summed E-state index contributed by atoms with van der Waals surface area (Å²) in [6.07, 6.45) is 7.17. The number of amides is 1. The first-order valence-electron chi connectivity index (χ1n) is 17.9. The minimum absolute atomic E-state index is 0.201. The monoisotopic (exact) mass is 671 g/mol. The smallest absolute Gasteiger partial charge is 0.419 e. The van der Waals surface area contributed by atoms with Gasteiger partial charge < -0.3 is 19.0 Å².